The summed E-state index contributed by atoms with van der Waals surface area (Å²) in [6.45, 7) is 0.867. The van der Waals surface area contributed by atoms with Crippen LogP contribution in [-0.4, -0.2) is 24.7 Å². The van der Waals surface area contributed by atoms with E-state index in [4.69, 9.17) is 10.8 Å². The maximum absolute atomic E-state index is 10.9. The van der Waals surface area contributed by atoms with Crippen molar-refractivity contribution in [2.75, 3.05) is 24.2 Å². The van der Waals surface area contributed by atoms with Crippen molar-refractivity contribution in [2.45, 2.75) is 12.8 Å². The zero-order chi connectivity index (χ0) is 15.2. The minimum Gasteiger partial charge on any atom is -0.478 e. The third kappa shape index (κ3) is 3.99. The molecule has 0 spiro atoms. The Hall–Kier alpha value is -2.49. The number of nitrogen functional groups attached to an aromatic ring is 1. The number of carboxylic acid groups (broad SMARTS) is 1. The van der Waals surface area contributed by atoms with Gasteiger partial charge in [-0.2, -0.15) is 0 Å². The molecule has 110 valence electrons. The van der Waals surface area contributed by atoms with E-state index in [1.54, 1.807) is 12.1 Å². The lowest BCUT2D eigenvalue weighted by atomic mass is 10.1. The molecule has 0 aliphatic rings. The Morgan fingerprint density at radius 1 is 1.19 bits per heavy atom. The molecule has 3 N–H and O–H groups in total. The summed E-state index contributed by atoms with van der Waals surface area (Å²) < 4.78 is 0. The number of nitrogens with two attached hydrogens (primary N) is 1. The lowest BCUT2D eigenvalue weighted by Gasteiger charge is -2.21. The Labute approximate surface area is 124 Å². The molecule has 0 radical (unpaired) electrons. The molecule has 0 bridgehead atoms. The van der Waals surface area contributed by atoms with E-state index in [0.29, 0.717) is 5.69 Å². The second kappa shape index (κ2) is 6.79. The first-order chi connectivity index (χ1) is 10.1. The number of carboxylic acids is 1. The van der Waals surface area contributed by atoms with E-state index in [-0.39, 0.29) is 5.56 Å². The van der Waals surface area contributed by atoms with Gasteiger partial charge in [0.25, 0.3) is 0 Å². The molecule has 0 fully saturated rings. The first kappa shape index (κ1) is 14.9. The third-order valence-electron chi connectivity index (χ3n) is 3.49. The first-order valence-electron chi connectivity index (χ1n) is 6.96. The molecular weight excluding hydrogens is 264 g/mol. The number of aromatic carboxylic acids is 1. The Bertz CT molecular complexity index is 611. The quantitative estimate of drug-likeness (QED) is 0.800. The maximum atomic E-state index is 10.9. The molecule has 0 aliphatic carbocycles. The first-order valence-corrected chi connectivity index (χ1v) is 6.96. The number of aryl methyl sites for hydroxylation is 1. The molecule has 0 saturated carbocycles. The van der Waals surface area contributed by atoms with Crippen LogP contribution in [0, 0.1) is 0 Å². The Morgan fingerprint density at radius 3 is 2.52 bits per heavy atom. The van der Waals surface area contributed by atoms with Crippen LogP contribution in [0.2, 0.25) is 0 Å². The van der Waals surface area contributed by atoms with Gasteiger partial charge >= 0.3 is 5.97 Å². The number of carbonyl (C=O) groups is 1. The fourth-order valence-electron chi connectivity index (χ4n) is 2.32. The van der Waals surface area contributed by atoms with Gasteiger partial charge < -0.3 is 15.7 Å². The number of hydrogen-bond acceptors (Lipinski definition) is 3. The molecule has 21 heavy (non-hydrogen) atoms. The maximum Gasteiger partial charge on any atom is 0.335 e. The van der Waals surface area contributed by atoms with Crippen molar-refractivity contribution in [3.05, 3.63) is 59.7 Å². The number of benzene rings is 2. The summed E-state index contributed by atoms with van der Waals surface area (Å²) in [5.74, 6) is -0.958. The van der Waals surface area contributed by atoms with Crippen LogP contribution in [0.25, 0.3) is 0 Å². The molecule has 0 atom stereocenters. The van der Waals surface area contributed by atoms with E-state index in [2.05, 4.69) is 17.0 Å². The number of hydrogen-bond donors (Lipinski definition) is 2. The highest BCUT2D eigenvalue weighted by atomic mass is 16.4. The van der Waals surface area contributed by atoms with Gasteiger partial charge in [-0.15, -0.1) is 0 Å². The van der Waals surface area contributed by atoms with Gasteiger partial charge in [-0.3, -0.25) is 0 Å². The van der Waals surface area contributed by atoms with Crippen molar-refractivity contribution in [3.63, 3.8) is 0 Å². The molecule has 0 unspecified atom stereocenters. The molecule has 4 nitrogen and oxygen atoms in total. The molecule has 0 aliphatic heterocycles. The van der Waals surface area contributed by atoms with Crippen LogP contribution in [0.3, 0.4) is 0 Å². The van der Waals surface area contributed by atoms with Crippen LogP contribution in [0.1, 0.15) is 22.3 Å². The molecule has 2 rings (SSSR count). The molecule has 0 aromatic heterocycles. The molecule has 2 aromatic rings. The van der Waals surface area contributed by atoms with Gasteiger partial charge in [-0.1, -0.05) is 30.3 Å². The van der Waals surface area contributed by atoms with Gasteiger partial charge in [-0.05, 0) is 36.6 Å². The smallest absolute Gasteiger partial charge is 0.335 e. The van der Waals surface area contributed by atoms with Crippen LogP contribution in [0.5, 0.6) is 0 Å². The van der Waals surface area contributed by atoms with Gasteiger partial charge in [0.1, 0.15) is 0 Å². The second-order valence-electron chi connectivity index (χ2n) is 5.09. The second-order valence-corrected chi connectivity index (χ2v) is 5.09. The van der Waals surface area contributed by atoms with Crippen LogP contribution < -0.4 is 10.6 Å². The van der Waals surface area contributed by atoms with E-state index >= 15 is 0 Å². The average Bonchev–Trinajstić information content (AvgIpc) is 2.48. The van der Waals surface area contributed by atoms with Crippen LogP contribution >= 0.6 is 0 Å². The van der Waals surface area contributed by atoms with Gasteiger partial charge in [0.2, 0.25) is 0 Å². The molecule has 0 heterocycles. The Morgan fingerprint density at radius 2 is 1.90 bits per heavy atom. The van der Waals surface area contributed by atoms with E-state index in [0.717, 1.165) is 25.1 Å². The number of nitrogens with zero attached hydrogens (tertiary/aromatic N) is 1. The number of rotatable bonds is 6. The van der Waals surface area contributed by atoms with Crippen molar-refractivity contribution in [1.82, 2.24) is 0 Å². The van der Waals surface area contributed by atoms with E-state index in [1.165, 1.54) is 11.6 Å². The zero-order valence-electron chi connectivity index (χ0n) is 12.1. The van der Waals surface area contributed by atoms with Gasteiger partial charge in [0.15, 0.2) is 0 Å². The predicted octanol–water partition coefficient (Wildman–Crippen LogP) is 3.04. The molecule has 0 amide bonds. The van der Waals surface area contributed by atoms with E-state index in [9.17, 15) is 4.79 Å². The summed E-state index contributed by atoms with van der Waals surface area (Å²) in [6, 6.07) is 15.2. The lowest BCUT2D eigenvalue weighted by molar-refractivity contribution is 0.0697. The van der Waals surface area contributed by atoms with E-state index < -0.39 is 5.97 Å². The standard InChI is InChI=1S/C17H20N2O2/c1-19(11-5-8-13-6-3-2-4-7-13)16-10-9-14(17(20)21)12-15(16)18/h2-4,6-7,9-10,12H,5,8,11,18H2,1H3,(H,20,21). The fourth-order valence-corrected chi connectivity index (χ4v) is 2.32. The summed E-state index contributed by atoms with van der Waals surface area (Å²) >= 11 is 0. The summed E-state index contributed by atoms with van der Waals surface area (Å²) in [5.41, 5.74) is 8.84. The highest BCUT2D eigenvalue weighted by Crippen LogP contribution is 2.23. The van der Waals surface area contributed by atoms with Gasteiger partial charge in [-0.25, -0.2) is 4.79 Å². The van der Waals surface area contributed by atoms with Crippen molar-refractivity contribution in [3.8, 4) is 0 Å². The van der Waals surface area contributed by atoms with Gasteiger partial charge in [0.05, 0.1) is 16.9 Å². The SMILES string of the molecule is CN(CCCc1ccccc1)c1ccc(C(=O)O)cc1N. The molecule has 4 heteroatoms. The van der Waals surface area contributed by atoms with Crippen LogP contribution in [0.15, 0.2) is 48.5 Å². The highest BCUT2D eigenvalue weighted by molar-refractivity contribution is 5.90. The minimum absolute atomic E-state index is 0.217. The Balaban J connectivity index is 1.94. The largest absolute Gasteiger partial charge is 0.478 e. The number of anilines is 2. The lowest BCUT2D eigenvalue weighted by Crippen LogP contribution is -2.20. The monoisotopic (exact) mass is 284 g/mol. The molecule has 2 aromatic carbocycles. The summed E-state index contributed by atoms with van der Waals surface area (Å²) in [6.07, 6.45) is 2.03. The predicted molar refractivity (Wildman–Crippen MR) is 85.8 cm³/mol. The average molecular weight is 284 g/mol. The van der Waals surface area contributed by atoms with Crippen LogP contribution in [-0.2, 0) is 6.42 Å². The summed E-state index contributed by atoms with van der Waals surface area (Å²) in [7, 11) is 1.97. The normalized spacial score (nSPS) is 10.3. The van der Waals surface area contributed by atoms with Crippen molar-refractivity contribution >= 4 is 17.3 Å². The minimum atomic E-state index is -0.958. The van der Waals surface area contributed by atoms with E-state index in [1.807, 2.05) is 25.2 Å². The zero-order valence-corrected chi connectivity index (χ0v) is 12.1. The van der Waals surface area contributed by atoms with Crippen LogP contribution in [0.4, 0.5) is 11.4 Å². The fraction of sp³-hybridized carbons (Fsp3) is 0.235. The summed E-state index contributed by atoms with van der Waals surface area (Å²) in [4.78, 5) is 13.0. The molecule has 0 saturated heterocycles. The Kier molecular flexibility index (Phi) is 4.82. The highest BCUT2D eigenvalue weighted by Gasteiger charge is 2.09. The molecular formula is C17H20N2O2. The van der Waals surface area contributed by atoms with Crippen molar-refractivity contribution in [2.24, 2.45) is 0 Å². The third-order valence-corrected chi connectivity index (χ3v) is 3.49. The van der Waals surface area contributed by atoms with Crippen molar-refractivity contribution < 1.29 is 9.90 Å². The summed E-state index contributed by atoms with van der Waals surface area (Å²) in [5, 5.41) is 8.94. The topological polar surface area (TPSA) is 66.6 Å². The van der Waals surface area contributed by atoms with Crippen molar-refractivity contribution in [1.29, 1.82) is 0 Å². The van der Waals surface area contributed by atoms with Gasteiger partial charge in [0, 0.05) is 13.6 Å².